The molecular formula is C33H66O2. The SMILES string of the molecule is CCCCCCCCCC(=O)CCCCCCCCCCCCCCCCCC(O)CCCCC. The fourth-order valence-electron chi connectivity index (χ4n) is 5.18. The summed E-state index contributed by atoms with van der Waals surface area (Å²) in [7, 11) is 0. The highest BCUT2D eigenvalue weighted by Gasteiger charge is 2.04. The van der Waals surface area contributed by atoms with E-state index in [1.165, 1.54) is 148 Å². The average molecular weight is 495 g/mol. The van der Waals surface area contributed by atoms with Crippen LogP contribution in [0.3, 0.4) is 0 Å². The quantitative estimate of drug-likeness (QED) is 0.101. The van der Waals surface area contributed by atoms with Crippen molar-refractivity contribution < 1.29 is 9.90 Å². The van der Waals surface area contributed by atoms with Crippen molar-refractivity contribution >= 4 is 5.78 Å². The minimum atomic E-state index is -0.0460. The van der Waals surface area contributed by atoms with Gasteiger partial charge in [-0.2, -0.15) is 0 Å². The first-order chi connectivity index (χ1) is 17.2. The Balaban J connectivity index is 3.16. The molecule has 1 atom stereocenters. The Hall–Kier alpha value is -0.370. The van der Waals surface area contributed by atoms with Gasteiger partial charge >= 0.3 is 0 Å². The van der Waals surface area contributed by atoms with E-state index in [1.54, 1.807) is 0 Å². The molecule has 0 fully saturated rings. The smallest absolute Gasteiger partial charge is 0.132 e. The Kier molecular flexibility index (Phi) is 29.5. The lowest BCUT2D eigenvalue weighted by Gasteiger charge is -2.09. The zero-order valence-corrected chi connectivity index (χ0v) is 24.4. The molecular weight excluding hydrogens is 428 g/mol. The van der Waals surface area contributed by atoms with E-state index < -0.39 is 0 Å². The molecule has 2 nitrogen and oxygen atoms in total. The average Bonchev–Trinajstić information content (AvgIpc) is 2.85. The molecule has 0 bridgehead atoms. The number of Topliss-reactive ketones (excluding diaryl/α,β-unsaturated/α-hetero) is 1. The lowest BCUT2D eigenvalue weighted by atomic mass is 10.0. The summed E-state index contributed by atoms with van der Waals surface area (Å²) in [6.45, 7) is 4.48. The second kappa shape index (κ2) is 29.9. The zero-order chi connectivity index (χ0) is 25.7. The van der Waals surface area contributed by atoms with Gasteiger partial charge in [-0.1, -0.05) is 162 Å². The van der Waals surface area contributed by atoms with Gasteiger partial charge in [-0.15, -0.1) is 0 Å². The van der Waals surface area contributed by atoms with Crippen LogP contribution in [0.15, 0.2) is 0 Å². The van der Waals surface area contributed by atoms with E-state index in [0.29, 0.717) is 5.78 Å². The molecule has 35 heavy (non-hydrogen) atoms. The van der Waals surface area contributed by atoms with Crippen molar-refractivity contribution in [2.75, 3.05) is 0 Å². The molecule has 0 radical (unpaired) electrons. The highest BCUT2D eigenvalue weighted by Crippen LogP contribution is 2.16. The number of ketones is 1. The number of carbonyl (C=O) groups excluding carboxylic acids is 1. The van der Waals surface area contributed by atoms with Gasteiger partial charge in [0.25, 0.3) is 0 Å². The highest BCUT2D eigenvalue weighted by atomic mass is 16.3. The molecule has 0 aliphatic rings. The maximum Gasteiger partial charge on any atom is 0.132 e. The second-order valence-corrected chi connectivity index (χ2v) is 11.4. The van der Waals surface area contributed by atoms with Crippen LogP contribution in [0.25, 0.3) is 0 Å². The Labute approximate surface area is 221 Å². The third-order valence-corrected chi connectivity index (χ3v) is 7.69. The molecule has 0 spiro atoms. The van der Waals surface area contributed by atoms with E-state index in [0.717, 1.165) is 38.5 Å². The largest absolute Gasteiger partial charge is 0.393 e. The third kappa shape index (κ3) is 29.7. The van der Waals surface area contributed by atoms with Gasteiger partial charge in [0.1, 0.15) is 5.78 Å². The Morgan fingerprint density at radius 3 is 1.06 bits per heavy atom. The summed E-state index contributed by atoms with van der Waals surface area (Å²) in [5, 5.41) is 9.96. The van der Waals surface area contributed by atoms with Crippen LogP contribution in [0.2, 0.25) is 0 Å². The molecule has 1 unspecified atom stereocenters. The molecule has 210 valence electrons. The topological polar surface area (TPSA) is 37.3 Å². The fraction of sp³-hybridized carbons (Fsp3) is 0.970. The predicted molar refractivity (Wildman–Crippen MR) is 156 cm³/mol. The van der Waals surface area contributed by atoms with Crippen LogP contribution in [0.1, 0.15) is 200 Å². The van der Waals surface area contributed by atoms with Gasteiger partial charge < -0.3 is 5.11 Å². The van der Waals surface area contributed by atoms with E-state index >= 15 is 0 Å². The van der Waals surface area contributed by atoms with Gasteiger partial charge in [0.2, 0.25) is 0 Å². The molecule has 0 aliphatic carbocycles. The van der Waals surface area contributed by atoms with Gasteiger partial charge in [-0.05, 0) is 25.7 Å². The Bertz CT molecular complexity index is 406. The molecule has 0 heterocycles. The predicted octanol–water partition coefficient (Wildman–Crippen LogP) is 11.3. The number of unbranched alkanes of at least 4 members (excludes halogenated alkanes) is 22. The molecule has 2 heteroatoms. The van der Waals surface area contributed by atoms with Gasteiger partial charge in [0.15, 0.2) is 0 Å². The normalized spacial score (nSPS) is 12.3. The van der Waals surface area contributed by atoms with Crippen LogP contribution >= 0.6 is 0 Å². The fourth-order valence-corrected chi connectivity index (χ4v) is 5.18. The third-order valence-electron chi connectivity index (χ3n) is 7.69. The van der Waals surface area contributed by atoms with Crippen molar-refractivity contribution in [3.8, 4) is 0 Å². The maximum atomic E-state index is 12.0. The van der Waals surface area contributed by atoms with Crippen molar-refractivity contribution in [1.29, 1.82) is 0 Å². The summed E-state index contributed by atoms with van der Waals surface area (Å²) in [6.07, 6.45) is 36.6. The number of aliphatic hydroxyl groups is 1. The van der Waals surface area contributed by atoms with Crippen LogP contribution in [-0.2, 0) is 4.79 Å². The highest BCUT2D eigenvalue weighted by molar-refractivity contribution is 5.78. The minimum Gasteiger partial charge on any atom is -0.393 e. The van der Waals surface area contributed by atoms with Crippen molar-refractivity contribution in [1.82, 2.24) is 0 Å². The number of rotatable bonds is 30. The van der Waals surface area contributed by atoms with Crippen LogP contribution in [-0.4, -0.2) is 17.0 Å². The van der Waals surface area contributed by atoms with Crippen LogP contribution in [0.5, 0.6) is 0 Å². The van der Waals surface area contributed by atoms with Gasteiger partial charge in [0, 0.05) is 12.8 Å². The molecule has 0 aliphatic heterocycles. The Morgan fingerprint density at radius 2 is 0.686 bits per heavy atom. The number of aliphatic hydroxyl groups excluding tert-OH is 1. The number of hydrogen-bond donors (Lipinski definition) is 1. The van der Waals surface area contributed by atoms with Crippen molar-refractivity contribution in [2.45, 2.75) is 206 Å². The van der Waals surface area contributed by atoms with E-state index in [-0.39, 0.29) is 6.10 Å². The summed E-state index contributed by atoms with van der Waals surface area (Å²) < 4.78 is 0. The number of carbonyl (C=O) groups is 1. The minimum absolute atomic E-state index is 0.0460. The second-order valence-electron chi connectivity index (χ2n) is 11.4. The summed E-state index contributed by atoms with van der Waals surface area (Å²) in [5.41, 5.74) is 0. The van der Waals surface area contributed by atoms with Crippen LogP contribution < -0.4 is 0 Å². The van der Waals surface area contributed by atoms with E-state index in [2.05, 4.69) is 13.8 Å². The zero-order valence-electron chi connectivity index (χ0n) is 24.4. The van der Waals surface area contributed by atoms with E-state index in [1.807, 2.05) is 0 Å². The molecule has 0 rings (SSSR count). The molecule has 0 amide bonds. The summed E-state index contributed by atoms with van der Waals surface area (Å²) in [5.74, 6) is 0.509. The van der Waals surface area contributed by atoms with Gasteiger partial charge in [0.05, 0.1) is 6.10 Å². The van der Waals surface area contributed by atoms with Crippen LogP contribution in [0.4, 0.5) is 0 Å². The molecule has 0 saturated carbocycles. The number of hydrogen-bond acceptors (Lipinski definition) is 2. The van der Waals surface area contributed by atoms with E-state index in [9.17, 15) is 9.90 Å². The van der Waals surface area contributed by atoms with Crippen molar-refractivity contribution in [3.05, 3.63) is 0 Å². The first kappa shape index (κ1) is 34.6. The molecule has 0 aromatic heterocycles. The monoisotopic (exact) mass is 495 g/mol. The Morgan fingerprint density at radius 1 is 0.429 bits per heavy atom. The van der Waals surface area contributed by atoms with E-state index in [4.69, 9.17) is 0 Å². The van der Waals surface area contributed by atoms with Gasteiger partial charge in [-0.3, -0.25) is 4.79 Å². The summed E-state index contributed by atoms with van der Waals surface area (Å²) in [6, 6.07) is 0. The summed E-state index contributed by atoms with van der Waals surface area (Å²) in [4.78, 5) is 12.0. The lowest BCUT2D eigenvalue weighted by molar-refractivity contribution is -0.119. The molecule has 1 N–H and O–H groups in total. The standard InChI is InChI=1S/C33H66O2/c1-3-5-7-8-18-21-25-30-33(35)31-27-23-20-17-15-13-11-9-10-12-14-16-19-22-26-29-32(34)28-24-6-4-2/h32,34H,3-31H2,1-2H3. The molecule has 0 saturated heterocycles. The van der Waals surface area contributed by atoms with Gasteiger partial charge in [-0.25, -0.2) is 0 Å². The first-order valence-electron chi connectivity index (χ1n) is 16.4. The lowest BCUT2D eigenvalue weighted by Crippen LogP contribution is -2.05. The first-order valence-corrected chi connectivity index (χ1v) is 16.4. The van der Waals surface area contributed by atoms with Crippen LogP contribution in [0, 0.1) is 0 Å². The maximum absolute atomic E-state index is 12.0. The van der Waals surface area contributed by atoms with Crippen molar-refractivity contribution in [3.63, 3.8) is 0 Å². The van der Waals surface area contributed by atoms with Crippen molar-refractivity contribution in [2.24, 2.45) is 0 Å². The summed E-state index contributed by atoms with van der Waals surface area (Å²) >= 11 is 0. The molecule has 0 aromatic rings. The molecule has 0 aromatic carbocycles.